The molecule has 0 spiro atoms. The molecule has 8 aliphatic heterocycles. The fraction of sp³-hybridized carbons (Fsp3) is 0.859. The van der Waals surface area contributed by atoms with Gasteiger partial charge in [-0.25, -0.2) is 9.98 Å². The molecule has 8 rings (SSSR count). The number of amidine groups is 1. The smallest absolute Gasteiger partial charge is 0.187 e. The Kier molecular flexibility index (Phi) is 29.6. The number of nitrogens with zero attached hydrogens (tertiary/aromatic N) is 10. The molecule has 0 radical (unpaired) electrons. The molecular weight excluding hydrogens is 1390 g/mol. The molecule has 3 saturated heterocycles. The third-order valence-electron chi connectivity index (χ3n) is 34.1. The van der Waals surface area contributed by atoms with Crippen molar-refractivity contribution >= 4 is 63.0 Å². The Labute approximate surface area is 683 Å². The van der Waals surface area contributed by atoms with Gasteiger partial charge in [-0.15, -0.1) is 35.3 Å². The molecule has 0 aromatic rings. The van der Waals surface area contributed by atoms with E-state index in [9.17, 15) is 0 Å². The molecule has 0 atom stereocenters. The van der Waals surface area contributed by atoms with E-state index in [2.05, 4.69) is 428 Å². The van der Waals surface area contributed by atoms with Crippen LogP contribution in [0.5, 0.6) is 0 Å². The van der Waals surface area contributed by atoms with Gasteiger partial charge >= 0.3 is 0 Å². The lowest BCUT2D eigenvalue weighted by atomic mass is 9.60. The van der Waals surface area contributed by atoms with Gasteiger partial charge in [-0.3, -0.25) is 15.0 Å². The quantitative estimate of drug-likeness (QED) is 0.231. The molecular formula is C92H176N10O3S3. The highest BCUT2D eigenvalue weighted by Gasteiger charge is 2.61. The molecule has 0 aromatic heterocycles. The van der Waals surface area contributed by atoms with Crippen LogP contribution in [0.25, 0.3) is 0 Å². The minimum Gasteiger partial charge on any atom is -0.475 e. The molecule has 0 saturated carbocycles. The molecule has 0 amide bonds. The Balaban J connectivity index is 0.000000618. The van der Waals surface area contributed by atoms with Crippen LogP contribution in [0.1, 0.15) is 353 Å². The first-order valence-corrected chi connectivity index (χ1v) is 42.5. The van der Waals surface area contributed by atoms with E-state index < -0.39 is 0 Å². The maximum Gasteiger partial charge on any atom is 0.187 e. The number of hydrogen-bond acceptors (Lipinski definition) is 16. The monoisotopic (exact) mass is 1570 g/mol. The van der Waals surface area contributed by atoms with E-state index in [1.54, 1.807) is 0 Å². The Hall–Kier alpha value is -3.24. The van der Waals surface area contributed by atoms with E-state index in [-0.39, 0.29) is 124 Å². The first-order valence-electron chi connectivity index (χ1n) is 40.1. The standard InChI is InChI=1S/C13H26N2.C12H24N2.C12H23NO.C12H23NS.C11H21NO.2C11H21NS.C10H17NO/c1-10-14(8)12(4,5)11(2,3)13(6,7)15(10)9;1-9-13-11(4,5)10(2,3)12(6,7)14(9)8;2*1-9-13(8)11(4,5)10(2,3)12(6,7)14-9;3*1-8-12-10(4,5)9(2,3)11(6,7)13-8;1-7-9(3,4)10(5,6)11-8(2)12-7/h1H2,2-9H3;1-8H3;2*1H2,2-8H3;3*1-7H3;1H2,2-6H3. The zero-order chi connectivity index (χ0) is 87.4. The van der Waals surface area contributed by atoms with Crippen molar-refractivity contribution in [1.82, 2.24) is 24.5 Å². The summed E-state index contributed by atoms with van der Waals surface area (Å²) in [5.41, 5.74) is 1.22. The largest absolute Gasteiger partial charge is 0.475 e. The molecule has 3 fully saturated rings. The number of thioether (sulfide) groups is 3. The van der Waals surface area contributed by atoms with Gasteiger partial charge in [0.15, 0.2) is 17.7 Å². The summed E-state index contributed by atoms with van der Waals surface area (Å²) in [6, 6.07) is 0. The maximum absolute atomic E-state index is 5.87. The van der Waals surface area contributed by atoms with Gasteiger partial charge in [-0.1, -0.05) is 131 Å². The summed E-state index contributed by atoms with van der Waals surface area (Å²) in [4.78, 5) is 34.6. The maximum atomic E-state index is 5.87. The van der Waals surface area contributed by atoms with E-state index in [0.717, 1.165) is 29.2 Å². The van der Waals surface area contributed by atoms with Gasteiger partial charge in [-0.05, 0) is 235 Å². The summed E-state index contributed by atoms with van der Waals surface area (Å²) in [6.45, 7) is 130. The highest BCUT2D eigenvalue weighted by molar-refractivity contribution is 8.15. The number of hydrogen-bond donors (Lipinski definition) is 0. The lowest BCUT2D eigenvalue weighted by Crippen LogP contribution is -2.71. The minimum absolute atomic E-state index is 0.00704. The Bertz CT molecular complexity index is 3210. The van der Waals surface area contributed by atoms with Crippen LogP contribution in [-0.2, 0) is 14.2 Å². The molecule has 630 valence electrons. The Morgan fingerprint density at radius 3 is 0.917 bits per heavy atom. The average Bonchev–Trinajstić information content (AvgIpc) is 0.723. The van der Waals surface area contributed by atoms with Crippen molar-refractivity contribution in [2.24, 2.45) is 68.3 Å². The van der Waals surface area contributed by atoms with E-state index in [0.29, 0.717) is 5.90 Å². The summed E-state index contributed by atoms with van der Waals surface area (Å²) < 4.78 is 17.8. The van der Waals surface area contributed by atoms with Crippen LogP contribution >= 0.6 is 35.3 Å². The van der Waals surface area contributed by atoms with Crippen LogP contribution in [0, 0.1) is 43.3 Å². The average molecular weight is 1570 g/mol. The Morgan fingerprint density at radius 2 is 0.574 bits per heavy atom. The van der Waals surface area contributed by atoms with Gasteiger partial charge in [0.2, 0.25) is 0 Å². The van der Waals surface area contributed by atoms with Gasteiger partial charge in [0, 0.05) is 134 Å². The molecule has 108 heavy (non-hydrogen) atoms. The molecule has 8 aliphatic rings. The fourth-order valence-corrected chi connectivity index (χ4v) is 19.6. The zero-order valence-corrected chi connectivity index (χ0v) is 84.2. The van der Waals surface area contributed by atoms with Crippen LogP contribution in [0.15, 0.2) is 73.8 Å². The van der Waals surface area contributed by atoms with Crippen LogP contribution < -0.4 is 0 Å². The molecule has 16 heteroatoms. The van der Waals surface area contributed by atoms with E-state index in [4.69, 9.17) is 29.2 Å². The normalized spacial score (nSPS) is 28.6. The summed E-state index contributed by atoms with van der Waals surface area (Å²) in [5.74, 6) is 5.32. The van der Waals surface area contributed by atoms with Crippen LogP contribution in [0.2, 0.25) is 0 Å². The van der Waals surface area contributed by atoms with Crippen molar-refractivity contribution in [2.45, 2.75) is 434 Å². The predicted octanol–water partition coefficient (Wildman–Crippen LogP) is 25.8. The van der Waals surface area contributed by atoms with Crippen molar-refractivity contribution in [2.75, 3.05) is 35.2 Å². The van der Waals surface area contributed by atoms with E-state index in [1.165, 1.54) is 15.1 Å². The molecule has 0 aromatic carbocycles. The number of aliphatic imine (C=N–C) groups is 5. The van der Waals surface area contributed by atoms with Crippen molar-refractivity contribution in [1.29, 1.82) is 0 Å². The number of ether oxygens (including phenoxy) is 3. The summed E-state index contributed by atoms with van der Waals surface area (Å²) in [5, 5.41) is 3.61. The first-order chi connectivity index (χ1) is 46.7. The molecule has 8 heterocycles. The van der Waals surface area contributed by atoms with Gasteiger partial charge in [0.25, 0.3) is 0 Å². The SMILES string of the molecule is C=C1N(C)C(C)(C)C(C)(C)C(C)(C)N1C.C=C1OC(C)(C)C(C)(C)C(C)(C)N1C.C=C1OC(C)=NC(C)(C)C1(C)C.C=C1SC(C)(C)C(C)(C)C(C)(C)N1C.CC1=NC(C)(C)C(C)(C)C(C)(C)N1C.CC1=NC(C)(C)C(C)(C)C(C)(C)O1.CC1=NC(C)(C)C(C)(C)C(C)(C)S1.CC1=NC(C)(C)C(C)(C)C(C)(C)S1. The lowest BCUT2D eigenvalue weighted by Gasteiger charge is -2.65. The second-order valence-corrected chi connectivity index (χ2v) is 49.7. The van der Waals surface area contributed by atoms with Crippen LogP contribution in [-0.4, -0.2) is 168 Å². The minimum atomic E-state index is -0.180. The van der Waals surface area contributed by atoms with E-state index in [1.807, 2.05) is 56.2 Å². The van der Waals surface area contributed by atoms with E-state index >= 15 is 0 Å². The number of rotatable bonds is 0. The first kappa shape index (κ1) is 103. The molecule has 0 unspecified atom stereocenters. The van der Waals surface area contributed by atoms with Crippen molar-refractivity contribution in [3.63, 3.8) is 0 Å². The topological polar surface area (TPSA) is 106 Å². The zero-order valence-electron chi connectivity index (χ0n) is 81.8. The summed E-state index contributed by atoms with van der Waals surface area (Å²) >= 11 is 5.70. The molecule has 0 aliphatic carbocycles. The fourth-order valence-electron chi connectivity index (χ4n) is 15.1. The van der Waals surface area contributed by atoms with Crippen LogP contribution in [0.3, 0.4) is 0 Å². The molecule has 0 N–H and O–H groups in total. The molecule has 13 nitrogen and oxygen atoms in total. The van der Waals surface area contributed by atoms with Crippen LogP contribution in [0.4, 0.5) is 0 Å². The van der Waals surface area contributed by atoms with Gasteiger partial charge in [0.05, 0.1) is 54.5 Å². The highest BCUT2D eigenvalue weighted by atomic mass is 32.2. The lowest BCUT2D eigenvalue weighted by molar-refractivity contribution is -0.195. The second kappa shape index (κ2) is 31.1. The summed E-state index contributed by atoms with van der Waals surface area (Å²) in [6.07, 6.45) is 0. The van der Waals surface area contributed by atoms with Crippen molar-refractivity contribution in [3.05, 3.63) is 48.8 Å². The highest BCUT2D eigenvalue weighted by Crippen LogP contribution is 2.60. The van der Waals surface area contributed by atoms with Gasteiger partial charge < -0.3 is 38.7 Å². The second-order valence-electron chi connectivity index (χ2n) is 44.4. The Morgan fingerprint density at radius 1 is 0.278 bits per heavy atom. The predicted molar refractivity (Wildman–Crippen MR) is 488 cm³/mol. The molecule has 0 bridgehead atoms. The van der Waals surface area contributed by atoms with Gasteiger partial charge in [0.1, 0.15) is 17.0 Å². The van der Waals surface area contributed by atoms with Crippen molar-refractivity contribution in [3.8, 4) is 0 Å². The third kappa shape index (κ3) is 18.2. The van der Waals surface area contributed by atoms with Gasteiger partial charge in [-0.2, -0.15) is 0 Å². The summed E-state index contributed by atoms with van der Waals surface area (Å²) in [7, 11) is 10.6. The van der Waals surface area contributed by atoms with Crippen molar-refractivity contribution < 1.29 is 14.2 Å². The third-order valence-corrected chi connectivity index (χ3v) is 38.5.